The van der Waals surface area contributed by atoms with Crippen LogP contribution in [0.3, 0.4) is 0 Å². The summed E-state index contributed by atoms with van der Waals surface area (Å²) < 4.78 is 11.4. The van der Waals surface area contributed by atoms with Crippen LogP contribution in [0.25, 0.3) is 11.1 Å². The molecule has 6 heteroatoms. The highest BCUT2D eigenvalue weighted by Gasteiger charge is 2.35. The first-order valence-corrected chi connectivity index (χ1v) is 10.2. The SMILES string of the molecule is O=C(O)c1cccc(OC2CN(C(=O)OCC3c4ccccc4-c4ccccc43)C2)c1. The topological polar surface area (TPSA) is 76.1 Å². The Morgan fingerprint density at radius 1 is 0.903 bits per heavy atom. The van der Waals surface area contributed by atoms with Crippen molar-refractivity contribution in [2.75, 3.05) is 19.7 Å². The molecule has 31 heavy (non-hydrogen) atoms. The van der Waals surface area contributed by atoms with Crippen LogP contribution in [-0.2, 0) is 4.74 Å². The van der Waals surface area contributed by atoms with Gasteiger partial charge < -0.3 is 19.5 Å². The molecule has 1 saturated heterocycles. The lowest BCUT2D eigenvalue weighted by atomic mass is 9.98. The molecule has 1 aliphatic carbocycles. The van der Waals surface area contributed by atoms with Crippen molar-refractivity contribution in [3.05, 3.63) is 89.5 Å². The van der Waals surface area contributed by atoms with Gasteiger partial charge in [0.25, 0.3) is 0 Å². The van der Waals surface area contributed by atoms with Gasteiger partial charge in [-0.05, 0) is 40.5 Å². The number of amides is 1. The molecule has 1 aliphatic heterocycles. The van der Waals surface area contributed by atoms with Crippen LogP contribution in [0.2, 0.25) is 0 Å². The Labute approximate surface area is 179 Å². The Balaban J connectivity index is 1.18. The van der Waals surface area contributed by atoms with Gasteiger partial charge in [-0.2, -0.15) is 0 Å². The van der Waals surface area contributed by atoms with Gasteiger partial charge in [0.1, 0.15) is 18.5 Å². The van der Waals surface area contributed by atoms with Gasteiger partial charge in [0.15, 0.2) is 0 Å². The predicted octanol–water partition coefficient (Wildman–Crippen LogP) is 4.40. The zero-order chi connectivity index (χ0) is 21.4. The van der Waals surface area contributed by atoms with E-state index in [9.17, 15) is 9.59 Å². The fourth-order valence-electron chi connectivity index (χ4n) is 4.24. The van der Waals surface area contributed by atoms with Crippen molar-refractivity contribution in [3.63, 3.8) is 0 Å². The van der Waals surface area contributed by atoms with Crippen molar-refractivity contribution >= 4 is 12.1 Å². The number of likely N-dealkylation sites (tertiary alicyclic amines) is 1. The van der Waals surface area contributed by atoms with Crippen molar-refractivity contribution in [2.45, 2.75) is 12.0 Å². The van der Waals surface area contributed by atoms with Gasteiger partial charge in [-0.25, -0.2) is 9.59 Å². The molecule has 2 aliphatic rings. The van der Waals surface area contributed by atoms with E-state index in [2.05, 4.69) is 24.3 Å². The average molecular weight is 415 g/mol. The van der Waals surface area contributed by atoms with Crippen LogP contribution in [-0.4, -0.2) is 47.9 Å². The summed E-state index contributed by atoms with van der Waals surface area (Å²) in [6.07, 6.45) is -0.537. The normalized spacial score (nSPS) is 15.0. The number of carboxylic acids is 1. The van der Waals surface area contributed by atoms with E-state index in [0.717, 1.165) is 0 Å². The number of fused-ring (bicyclic) bond motifs is 3. The first-order valence-electron chi connectivity index (χ1n) is 10.2. The molecule has 0 atom stereocenters. The van der Waals surface area contributed by atoms with Crippen LogP contribution in [0, 0.1) is 0 Å². The monoisotopic (exact) mass is 415 g/mol. The Morgan fingerprint density at radius 2 is 1.55 bits per heavy atom. The second-order valence-electron chi connectivity index (χ2n) is 7.78. The van der Waals surface area contributed by atoms with Crippen molar-refractivity contribution < 1.29 is 24.2 Å². The van der Waals surface area contributed by atoms with Gasteiger partial charge in [-0.1, -0.05) is 54.6 Å². The summed E-state index contributed by atoms with van der Waals surface area (Å²) in [6, 6.07) is 22.8. The molecule has 0 radical (unpaired) electrons. The molecular weight excluding hydrogens is 394 g/mol. The minimum atomic E-state index is -1.00. The Kier molecular flexibility index (Phi) is 4.82. The molecule has 0 bridgehead atoms. The number of hydrogen-bond acceptors (Lipinski definition) is 4. The quantitative estimate of drug-likeness (QED) is 0.669. The molecule has 1 amide bonds. The zero-order valence-corrected chi connectivity index (χ0v) is 16.7. The van der Waals surface area contributed by atoms with Crippen LogP contribution in [0.15, 0.2) is 72.8 Å². The van der Waals surface area contributed by atoms with Crippen molar-refractivity contribution in [2.24, 2.45) is 0 Å². The summed E-state index contributed by atoms with van der Waals surface area (Å²) in [5, 5.41) is 9.08. The first-order chi connectivity index (χ1) is 15.1. The third-order valence-electron chi connectivity index (χ3n) is 5.83. The number of nitrogens with zero attached hydrogens (tertiary/aromatic N) is 1. The summed E-state index contributed by atoms with van der Waals surface area (Å²) in [4.78, 5) is 25.2. The third-order valence-corrected chi connectivity index (χ3v) is 5.83. The number of rotatable bonds is 5. The molecule has 0 saturated carbocycles. The maximum Gasteiger partial charge on any atom is 0.410 e. The molecular formula is C25H21NO5. The molecule has 1 N–H and O–H groups in total. The molecule has 6 nitrogen and oxygen atoms in total. The molecule has 0 unspecified atom stereocenters. The highest BCUT2D eigenvalue weighted by atomic mass is 16.6. The van der Waals surface area contributed by atoms with E-state index in [4.69, 9.17) is 14.6 Å². The summed E-state index contributed by atoms with van der Waals surface area (Å²) in [7, 11) is 0. The number of carbonyl (C=O) groups is 2. The molecule has 156 valence electrons. The smallest absolute Gasteiger partial charge is 0.410 e. The number of aromatic carboxylic acids is 1. The lowest BCUT2D eigenvalue weighted by Crippen LogP contribution is -2.56. The van der Waals surface area contributed by atoms with E-state index in [1.807, 2.05) is 24.3 Å². The minimum Gasteiger partial charge on any atom is -0.487 e. The maximum atomic E-state index is 12.5. The molecule has 0 spiro atoms. The molecule has 1 heterocycles. The van der Waals surface area contributed by atoms with E-state index in [-0.39, 0.29) is 30.3 Å². The largest absolute Gasteiger partial charge is 0.487 e. The highest BCUT2D eigenvalue weighted by Crippen LogP contribution is 2.44. The lowest BCUT2D eigenvalue weighted by Gasteiger charge is -2.38. The second-order valence-corrected chi connectivity index (χ2v) is 7.78. The van der Waals surface area contributed by atoms with Crippen molar-refractivity contribution in [3.8, 4) is 16.9 Å². The van der Waals surface area contributed by atoms with Gasteiger partial charge in [0.05, 0.1) is 18.7 Å². The summed E-state index contributed by atoms with van der Waals surface area (Å²) >= 11 is 0. The summed E-state index contributed by atoms with van der Waals surface area (Å²) in [6.45, 7) is 1.11. The molecule has 3 aromatic rings. The fourth-order valence-corrected chi connectivity index (χ4v) is 4.24. The lowest BCUT2D eigenvalue weighted by molar-refractivity contribution is 0.0104. The Morgan fingerprint density at radius 3 is 2.19 bits per heavy atom. The molecule has 0 aromatic heterocycles. The van der Waals surface area contributed by atoms with Gasteiger partial charge in [-0.15, -0.1) is 0 Å². The molecule has 5 rings (SSSR count). The average Bonchev–Trinajstić information content (AvgIpc) is 3.08. The van der Waals surface area contributed by atoms with Gasteiger partial charge >= 0.3 is 12.1 Å². The van der Waals surface area contributed by atoms with E-state index in [0.29, 0.717) is 18.8 Å². The summed E-state index contributed by atoms with van der Waals surface area (Å²) in [5.41, 5.74) is 4.92. The van der Waals surface area contributed by atoms with Crippen LogP contribution in [0.5, 0.6) is 5.75 Å². The number of ether oxygens (including phenoxy) is 2. The molecule has 1 fully saturated rings. The predicted molar refractivity (Wildman–Crippen MR) is 114 cm³/mol. The molecule has 3 aromatic carbocycles. The third kappa shape index (κ3) is 3.61. The standard InChI is InChI=1S/C25H21NO5/c27-24(28)16-6-5-7-17(12-16)31-18-13-26(14-18)25(29)30-15-23-21-10-3-1-8-19(21)20-9-2-4-11-22(20)23/h1-12,18,23H,13-15H2,(H,27,28). The fraction of sp³-hybridized carbons (Fsp3) is 0.200. The van der Waals surface area contributed by atoms with E-state index in [1.54, 1.807) is 17.0 Å². The van der Waals surface area contributed by atoms with Gasteiger partial charge in [0.2, 0.25) is 0 Å². The summed E-state index contributed by atoms with van der Waals surface area (Å²) in [5.74, 6) is -0.486. The van der Waals surface area contributed by atoms with E-state index >= 15 is 0 Å². The van der Waals surface area contributed by atoms with Gasteiger partial charge in [0, 0.05) is 5.92 Å². The number of carboxylic acid groups (broad SMARTS) is 1. The Bertz CT molecular complexity index is 1110. The number of hydrogen-bond donors (Lipinski definition) is 1. The Hall–Kier alpha value is -3.80. The second kappa shape index (κ2) is 7.80. The maximum absolute atomic E-state index is 12.5. The van der Waals surface area contributed by atoms with E-state index < -0.39 is 5.97 Å². The van der Waals surface area contributed by atoms with Crippen molar-refractivity contribution in [1.29, 1.82) is 0 Å². The number of carbonyl (C=O) groups excluding carboxylic acids is 1. The zero-order valence-electron chi connectivity index (χ0n) is 16.7. The van der Waals surface area contributed by atoms with Crippen LogP contribution in [0.1, 0.15) is 27.4 Å². The first kappa shape index (κ1) is 19.2. The van der Waals surface area contributed by atoms with Crippen LogP contribution in [0.4, 0.5) is 4.79 Å². The highest BCUT2D eigenvalue weighted by molar-refractivity contribution is 5.88. The van der Waals surface area contributed by atoms with Gasteiger partial charge in [-0.3, -0.25) is 0 Å². The minimum absolute atomic E-state index is 0.0310. The number of benzene rings is 3. The van der Waals surface area contributed by atoms with Crippen LogP contribution < -0.4 is 4.74 Å². The van der Waals surface area contributed by atoms with Crippen molar-refractivity contribution in [1.82, 2.24) is 4.90 Å². The van der Waals surface area contributed by atoms with Crippen LogP contribution >= 0.6 is 0 Å². The van der Waals surface area contributed by atoms with E-state index in [1.165, 1.54) is 34.4 Å².